The lowest BCUT2D eigenvalue weighted by Gasteiger charge is -2.21. The molecule has 18 heteroatoms. The van der Waals surface area contributed by atoms with Crippen LogP contribution in [-0.4, -0.2) is 95.9 Å². The number of unbranched alkanes of at least 4 members (excludes halogenated alkanes) is 38. The van der Waals surface area contributed by atoms with Crippen molar-refractivity contribution < 1.29 is 75.8 Å². The summed E-state index contributed by atoms with van der Waals surface area (Å²) in [4.78, 5) is 58.7. The zero-order valence-corrected chi connectivity index (χ0v) is 69.6. The molecule has 5 atom stereocenters. The molecule has 0 aromatic rings. The summed E-state index contributed by atoms with van der Waals surface area (Å²) in [5.41, 5.74) is 0. The van der Waals surface area contributed by atoms with Crippen LogP contribution in [0.2, 0.25) is 0 Å². The monoisotopic (exact) mass is 1540 g/mol. The van der Waals surface area contributed by atoms with Crippen LogP contribution in [0.5, 0.6) is 0 Å². The van der Waals surface area contributed by atoms with Crippen molar-refractivity contribution in [3.8, 4) is 0 Å². The number of aliphatic hydroxyl groups is 2. The quantitative estimate of drug-likeness (QED) is 0.0146. The van der Waals surface area contributed by atoms with E-state index in [1.165, 1.54) is 173 Å². The lowest BCUT2D eigenvalue weighted by molar-refractivity contribution is -0.161. The molecule has 0 spiro atoms. The number of carbonyl (C=O) groups excluding carboxylic acids is 3. The van der Waals surface area contributed by atoms with Gasteiger partial charge in [-0.1, -0.05) is 341 Å². The van der Waals surface area contributed by atoms with Gasteiger partial charge in [-0.05, 0) is 128 Å². The van der Waals surface area contributed by atoms with Crippen molar-refractivity contribution in [2.75, 3.05) is 39.6 Å². The van der Waals surface area contributed by atoms with Crippen LogP contribution in [-0.2, 0) is 55.8 Å². The second-order valence-corrected chi connectivity index (χ2v) is 31.5. The first-order valence-electron chi connectivity index (χ1n) is 42.8. The van der Waals surface area contributed by atoms with Gasteiger partial charge in [-0.2, -0.15) is 0 Å². The Balaban J connectivity index is 4.38. The second kappa shape index (κ2) is 81.4. The summed E-state index contributed by atoms with van der Waals surface area (Å²) in [6, 6.07) is 0. The first-order valence-corrected chi connectivity index (χ1v) is 45.8. The van der Waals surface area contributed by atoms with Gasteiger partial charge in [0.1, 0.15) is 25.4 Å². The first kappa shape index (κ1) is 103. The lowest BCUT2D eigenvalue weighted by atomic mass is 10.0. The Kier molecular flexibility index (Phi) is 78.4. The largest absolute Gasteiger partial charge is 0.472 e. The Hall–Kier alpha value is -4.05. The van der Waals surface area contributed by atoms with E-state index in [9.17, 15) is 43.5 Å². The van der Waals surface area contributed by atoms with Gasteiger partial charge >= 0.3 is 33.6 Å². The van der Waals surface area contributed by atoms with E-state index in [0.29, 0.717) is 19.3 Å². The summed E-state index contributed by atoms with van der Waals surface area (Å²) in [7, 11) is -9.79. The molecule has 5 unspecified atom stereocenters. The van der Waals surface area contributed by atoms with Crippen molar-refractivity contribution in [2.45, 2.75) is 386 Å². The molecule has 0 aromatic carbocycles. The highest BCUT2D eigenvalue weighted by atomic mass is 31.2. The van der Waals surface area contributed by atoms with Gasteiger partial charge in [0.2, 0.25) is 0 Å². The van der Waals surface area contributed by atoms with Gasteiger partial charge in [-0.15, -0.1) is 0 Å². The van der Waals surface area contributed by atoms with Crippen LogP contribution in [0, 0.1) is 0 Å². The fourth-order valence-corrected chi connectivity index (χ4v) is 13.2. The Morgan fingerprint density at radius 2 is 0.505 bits per heavy atom. The number of rotatable bonds is 81. The van der Waals surface area contributed by atoms with Gasteiger partial charge in [0.25, 0.3) is 0 Å². The summed E-state index contributed by atoms with van der Waals surface area (Å²) < 4.78 is 61.2. The molecule has 0 saturated heterocycles. The molecule has 16 nitrogen and oxygen atoms in total. The minimum Gasteiger partial charge on any atom is -0.463 e. The minimum absolute atomic E-state index is 0.0943. The molecule has 0 aliphatic rings. The van der Waals surface area contributed by atoms with Crippen LogP contribution in [0.4, 0.5) is 0 Å². The van der Waals surface area contributed by atoms with Gasteiger partial charge in [-0.25, -0.2) is 9.13 Å². The molecule has 0 bridgehead atoms. The number of phosphoric acid groups is 2. The maximum absolute atomic E-state index is 12.9. The van der Waals surface area contributed by atoms with E-state index in [-0.39, 0.29) is 19.3 Å². The number of aliphatic hydroxyl groups excluding tert-OH is 2. The number of phosphoric ester groups is 2. The van der Waals surface area contributed by atoms with Crippen LogP contribution in [0.25, 0.3) is 0 Å². The van der Waals surface area contributed by atoms with Gasteiger partial charge < -0.3 is 34.2 Å². The average molecular weight is 1540 g/mol. The van der Waals surface area contributed by atoms with E-state index in [2.05, 4.69) is 142 Å². The van der Waals surface area contributed by atoms with Crippen LogP contribution in [0.1, 0.15) is 367 Å². The minimum atomic E-state index is -4.93. The highest BCUT2D eigenvalue weighted by Gasteiger charge is 2.29. The molecule has 618 valence electrons. The molecule has 4 N–H and O–H groups in total. The number of ether oxygens (including phenoxy) is 3. The summed E-state index contributed by atoms with van der Waals surface area (Å²) in [5.74, 6) is -1.58. The number of carbonyl (C=O) groups is 3. The van der Waals surface area contributed by atoms with E-state index >= 15 is 0 Å². The standard InChI is InChI=1S/C89H156O16P2/c1-4-7-10-13-16-19-22-24-26-28-30-32-34-36-38-40-41-43-45-46-48-50-52-54-56-58-61-63-66-69-72-75-87(92)99-78-84(90)79-101-106(95,96)102-80-85(91)81-103-107(97,98)104-83-86(105-89(94)77-74-71-68-65-60-21-18-15-12-9-6-3)82-100-88(93)76-73-70-67-64-62-59-57-55-53-51-49-47-44-42-39-37-35-33-31-29-27-25-23-20-17-14-11-8-5-2/h7,10,15-20,24-27,30-33,36-39,84-86,90-91H,4-6,8-9,11-14,21-23,28-29,34-35,40-83H2,1-3H3,(H,95,96)(H,97,98)/b10-7-,18-15-,19-16-,20-17-,26-24-,27-25-,32-30-,33-31-,38-36-,39-37-. The molecule has 0 aromatic heterocycles. The zero-order valence-electron chi connectivity index (χ0n) is 67.8. The SMILES string of the molecule is CC/C=C\C/C=C\C/C=C\C/C=C\C/C=C\CCCCCCCCCCCCCCCCCC(=O)OCC(O)COP(=O)(O)OCC(O)COP(=O)(O)OCC(COC(=O)CCCCCCCCCCCCCCC/C=C\C/C=C\C/C=C\C/C=C\CCCCC)OC(=O)CCCCCCC/C=C\CCCC. The maximum atomic E-state index is 12.9. The number of allylic oxidation sites excluding steroid dienone is 20. The van der Waals surface area contributed by atoms with Crippen LogP contribution >= 0.6 is 15.6 Å². The molecule has 0 heterocycles. The van der Waals surface area contributed by atoms with Crippen LogP contribution < -0.4 is 0 Å². The number of hydrogen-bond acceptors (Lipinski definition) is 14. The van der Waals surface area contributed by atoms with Crippen molar-refractivity contribution in [3.63, 3.8) is 0 Å². The Morgan fingerprint density at radius 1 is 0.271 bits per heavy atom. The van der Waals surface area contributed by atoms with Crippen molar-refractivity contribution in [1.82, 2.24) is 0 Å². The van der Waals surface area contributed by atoms with E-state index in [1.54, 1.807) is 0 Å². The molecule has 0 rings (SSSR count). The van der Waals surface area contributed by atoms with E-state index in [1.807, 2.05) is 0 Å². The predicted octanol–water partition coefficient (Wildman–Crippen LogP) is 25.7. The summed E-state index contributed by atoms with van der Waals surface area (Å²) in [5, 5.41) is 20.7. The first-order chi connectivity index (χ1) is 52.2. The third-order valence-corrected chi connectivity index (χ3v) is 20.0. The molecule has 0 saturated carbocycles. The van der Waals surface area contributed by atoms with Crippen molar-refractivity contribution in [1.29, 1.82) is 0 Å². The zero-order chi connectivity index (χ0) is 78.0. The summed E-state index contributed by atoms with van der Waals surface area (Å²) >= 11 is 0. The van der Waals surface area contributed by atoms with Crippen LogP contribution in [0.3, 0.4) is 0 Å². The van der Waals surface area contributed by atoms with E-state index < -0.39 is 91.5 Å². The van der Waals surface area contributed by atoms with Crippen LogP contribution in [0.15, 0.2) is 122 Å². The second-order valence-electron chi connectivity index (χ2n) is 28.6. The molecule has 0 aliphatic heterocycles. The average Bonchev–Trinajstić information content (AvgIpc) is 0.910. The Labute approximate surface area is 653 Å². The molecule has 0 amide bonds. The molecular formula is C89H156O16P2. The molecular weight excluding hydrogens is 1390 g/mol. The highest BCUT2D eigenvalue weighted by molar-refractivity contribution is 7.47. The lowest BCUT2D eigenvalue weighted by Crippen LogP contribution is -2.30. The van der Waals surface area contributed by atoms with Gasteiger partial charge in [0.05, 0.1) is 26.4 Å². The third-order valence-electron chi connectivity index (χ3n) is 18.1. The smallest absolute Gasteiger partial charge is 0.463 e. The van der Waals surface area contributed by atoms with E-state index in [0.717, 1.165) is 135 Å². The fraction of sp³-hybridized carbons (Fsp3) is 0.742. The predicted molar refractivity (Wildman–Crippen MR) is 445 cm³/mol. The van der Waals surface area contributed by atoms with Crippen molar-refractivity contribution in [2.24, 2.45) is 0 Å². The summed E-state index contributed by atoms with van der Waals surface area (Å²) in [6.45, 7) is 2.52. The molecule has 0 radical (unpaired) electrons. The summed E-state index contributed by atoms with van der Waals surface area (Å²) in [6.07, 6.45) is 98.4. The Morgan fingerprint density at radius 3 is 0.822 bits per heavy atom. The third kappa shape index (κ3) is 82.7. The maximum Gasteiger partial charge on any atom is 0.472 e. The normalized spacial score (nSPS) is 14.5. The van der Waals surface area contributed by atoms with Gasteiger partial charge in [0.15, 0.2) is 6.10 Å². The number of esters is 3. The molecule has 0 fully saturated rings. The number of hydrogen-bond donors (Lipinski definition) is 4. The van der Waals surface area contributed by atoms with Gasteiger partial charge in [-0.3, -0.25) is 32.5 Å². The topological polar surface area (TPSA) is 231 Å². The van der Waals surface area contributed by atoms with Crippen molar-refractivity contribution >= 4 is 33.6 Å². The van der Waals surface area contributed by atoms with Crippen molar-refractivity contribution in [3.05, 3.63) is 122 Å². The fourth-order valence-electron chi connectivity index (χ4n) is 11.6. The van der Waals surface area contributed by atoms with E-state index in [4.69, 9.17) is 32.3 Å². The molecule has 107 heavy (non-hydrogen) atoms. The van der Waals surface area contributed by atoms with Gasteiger partial charge in [0, 0.05) is 19.3 Å². The highest BCUT2D eigenvalue weighted by Crippen LogP contribution is 2.45. The Bertz CT molecular complexity index is 2430. The molecule has 0 aliphatic carbocycles.